The number of sulfonamides is 1. The van der Waals surface area contributed by atoms with E-state index < -0.39 is 28.1 Å². The molecular weight excluding hydrogens is 373 g/mol. The van der Waals surface area contributed by atoms with Crippen molar-refractivity contribution >= 4 is 10.0 Å². The Morgan fingerprint density at radius 3 is 2.54 bits per heavy atom. The van der Waals surface area contributed by atoms with Crippen LogP contribution in [0.25, 0.3) is 0 Å². The van der Waals surface area contributed by atoms with E-state index in [1.54, 1.807) is 24.3 Å². The van der Waals surface area contributed by atoms with E-state index in [0.29, 0.717) is 5.75 Å². The third kappa shape index (κ3) is 3.68. The van der Waals surface area contributed by atoms with Crippen molar-refractivity contribution in [1.29, 1.82) is 0 Å². The maximum atomic E-state index is 12.9. The lowest BCUT2D eigenvalue weighted by molar-refractivity contribution is -0.147. The lowest BCUT2D eigenvalue weighted by Gasteiger charge is -2.32. The van der Waals surface area contributed by atoms with E-state index in [0.717, 1.165) is 8.87 Å². The maximum absolute atomic E-state index is 12.9. The summed E-state index contributed by atoms with van der Waals surface area (Å²) in [7, 11) is -3.73. The average Bonchev–Trinajstić information content (AvgIpc) is 3.01. The highest BCUT2D eigenvalue weighted by Crippen LogP contribution is 2.33. The van der Waals surface area contributed by atoms with Gasteiger partial charge in [-0.25, -0.2) is 8.42 Å². The van der Waals surface area contributed by atoms with E-state index in [1.807, 2.05) is 6.07 Å². The highest BCUT2D eigenvalue weighted by molar-refractivity contribution is 7.89. The Morgan fingerprint density at radius 1 is 1.19 bits per heavy atom. The SMILES string of the molecule is CC1c2nnc(C(F)(F)F)n2CCN1S(=O)(=O)CCOc1ccccc1. The van der Waals surface area contributed by atoms with Gasteiger partial charge in [-0.2, -0.15) is 17.5 Å². The lowest BCUT2D eigenvalue weighted by atomic mass is 10.2. The number of benzene rings is 1. The van der Waals surface area contributed by atoms with Gasteiger partial charge < -0.3 is 9.30 Å². The summed E-state index contributed by atoms with van der Waals surface area (Å²) in [5.74, 6) is -0.865. The van der Waals surface area contributed by atoms with Crippen LogP contribution in [0.2, 0.25) is 0 Å². The minimum absolute atomic E-state index is 0.0175. The van der Waals surface area contributed by atoms with Gasteiger partial charge in [-0.05, 0) is 19.1 Å². The molecule has 3 rings (SSSR count). The van der Waals surface area contributed by atoms with Crippen molar-refractivity contribution in [2.24, 2.45) is 0 Å². The number of halogens is 3. The van der Waals surface area contributed by atoms with Crippen LogP contribution in [0, 0.1) is 0 Å². The summed E-state index contributed by atoms with van der Waals surface area (Å²) in [6, 6.07) is 7.91. The first-order chi connectivity index (χ1) is 12.2. The van der Waals surface area contributed by atoms with Gasteiger partial charge in [-0.3, -0.25) is 0 Å². The summed E-state index contributed by atoms with van der Waals surface area (Å²) in [6.07, 6.45) is -4.63. The van der Waals surface area contributed by atoms with Gasteiger partial charge in [-0.1, -0.05) is 18.2 Å². The third-order valence-electron chi connectivity index (χ3n) is 4.09. The van der Waals surface area contributed by atoms with Crippen molar-refractivity contribution in [3.05, 3.63) is 42.0 Å². The lowest BCUT2D eigenvalue weighted by Crippen LogP contribution is -2.43. The predicted molar refractivity (Wildman–Crippen MR) is 85.9 cm³/mol. The normalized spacial score (nSPS) is 18.5. The summed E-state index contributed by atoms with van der Waals surface area (Å²) < 4.78 is 71.4. The van der Waals surface area contributed by atoms with Gasteiger partial charge in [0, 0.05) is 13.1 Å². The van der Waals surface area contributed by atoms with Crippen LogP contribution in [0.15, 0.2) is 30.3 Å². The first-order valence-electron chi connectivity index (χ1n) is 7.88. The molecule has 1 aliphatic heterocycles. The topological polar surface area (TPSA) is 77.3 Å². The number of ether oxygens (including phenoxy) is 1. The smallest absolute Gasteiger partial charge is 0.451 e. The minimum atomic E-state index is -4.63. The molecule has 7 nitrogen and oxygen atoms in total. The Kier molecular flexibility index (Phi) is 4.93. The van der Waals surface area contributed by atoms with Gasteiger partial charge in [0.2, 0.25) is 15.8 Å². The van der Waals surface area contributed by atoms with Crippen LogP contribution in [-0.4, -0.2) is 46.4 Å². The second-order valence-electron chi connectivity index (χ2n) is 5.80. The van der Waals surface area contributed by atoms with E-state index in [2.05, 4.69) is 10.2 Å². The fraction of sp³-hybridized carbons (Fsp3) is 0.467. The summed E-state index contributed by atoms with van der Waals surface area (Å²) in [4.78, 5) is 0. The third-order valence-corrected chi connectivity index (χ3v) is 5.99. The second-order valence-corrected chi connectivity index (χ2v) is 7.84. The molecule has 142 valence electrons. The van der Waals surface area contributed by atoms with Gasteiger partial charge in [-0.15, -0.1) is 10.2 Å². The Bertz CT molecular complexity index is 868. The molecule has 11 heteroatoms. The Hall–Kier alpha value is -2.14. The molecule has 0 spiro atoms. The summed E-state index contributed by atoms with van der Waals surface area (Å²) in [6.45, 7) is 1.20. The van der Waals surface area contributed by atoms with Crippen molar-refractivity contribution in [3.8, 4) is 5.75 Å². The van der Waals surface area contributed by atoms with E-state index in [9.17, 15) is 21.6 Å². The van der Waals surface area contributed by atoms with Crippen LogP contribution >= 0.6 is 0 Å². The number of fused-ring (bicyclic) bond motifs is 1. The minimum Gasteiger partial charge on any atom is -0.492 e. The number of hydrogen-bond donors (Lipinski definition) is 0. The molecule has 2 aromatic rings. The van der Waals surface area contributed by atoms with E-state index in [1.165, 1.54) is 6.92 Å². The second kappa shape index (κ2) is 6.88. The van der Waals surface area contributed by atoms with Gasteiger partial charge in [0.15, 0.2) is 5.82 Å². The van der Waals surface area contributed by atoms with Crippen LogP contribution in [0.1, 0.15) is 24.6 Å². The zero-order chi connectivity index (χ0) is 18.9. The van der Waals surface area contributed by atoms with Gasteiger partial charge in [0.05, 0.1) is 11.8 Å². The summed E-state index contributed by atoms with van der Waals surface area (Å²) in [5, 5.41) is 6.73. The van der Waals surface area contributed by atoms with Crippen molar-refractivity contribution in [2.75, 3.05) is 18.9 Å². The van der Waals surface area contributed by atoms with E-state index in [-0.39, 0.29) is 31.3 Å². The van der Waals surface area contributed by atoms with Crippen molar-refractivity contribution in [2.45, 2.75) is 25.7 Å². The van der Waals surface area contributed by atoms with Crippen molar-refractivity contribution in [3.63, 3.8) is 0 Å². The molecular formula is C15H17F3N4O3S. The van der Waals surface area contributed by atoms with Crippen LogP contribution in [0.3, 0.4) is 0 Å². The quantitative estimate of drug-likeness (QED) is 0.781. The maximum Gasteiger partial charge on any atom is 0.451 e. The molecule has 1 unspecified atom stereocenters. The number of rotatable bonds is 5. The molecule has 0 saturated carbocycles. The Balaban J connectivity index is 1.70. The Morgan fingerprint density at radius 2 is 1.88 bits per heavy atom. The molecule has 0 radical (unpaired) electrons. The fourth-order valence-electron chi connectivity index (χ4n) is 2.85. The van der Waals surface area contributed by atoms with Crippen molar-refractivity contribution < 1.29 is 26.3 Å². The largest absolute Gasteiger partial charge is 0.492 e. The molecule has 0 aliphatic carbocycles. The van der Waals surface area contributed by atoms with Crippen LogP contribution in [0.5, 0.6) is 5.75 Å². The molecule has 1 aliphatic rings. The fourth-order valence-corrected chi connectivity index (χ4v) is 4.32. The van der Waals surface area contributed by atoms with Crippen LogP contribution < -0.4 is 4.74 Å². The number of aromatic nitrogens is 3. The highest BCUT2D eigenvalue weighted by Gasteiger charge is 2.42. The molecule has 2 heterocycles. The molecule has 0 saturated heterocycles. The standard InChI is InChI=1S/C15H17F3N4O3S/c1-11-13-19-20-14(15(16,17)18)21(13)7-8-22(11)26(23,24)10-9-25-12-5-3-2-4-6-12/h2-6,11H,7-10H2,1H3. The monoisotopic (exact) mass is 390 g/mol. The number of para-hydroxylation sites is 1. The summed E-state index contributed by atoms with van der Waals surface area (Å²) >= 11 is 0. The molecule has 1 atom stereocenters. The molecule has 0 fully saturated rings. The van der Waals surface area contributed by atoms with Gasteiger partial charge in [0.25, 0.3) is 0 Å². The van der Waals surface area contributed by atoms with Gasteiger partial charge in [0.1, 0.15) is 12.4 Å². The van der Waals surface area contributed by atoms with E-state index >= 15 is 0 Å². The molecule has 1 aromatic heterocycles. The number of hydrogen-bond acceptors (Lipinski definition) is 5. The average molecular weight is 390 g/mol. The Labute approximate surface area is 148 Å². The molecule has 26 heavy (non-hydrogen) atoms. The first-order valence-corrected chi connectivity index (χ1v) is 9.49. The molecule has 0 amide bonds. The zero-order valence-electron chi connectivity index (χ0n) is 13.8. The van der Waals surface area contributed by atoms with Gasteiger partial charge >= 0.3 is 6.18 Å². The van der Waals surface area contributed by atoms with Crippen LogP contribution in [-0.2, 0) is 22.7 Å². The molecule has 0 bridgehead atoms. The highest BCUT2D eigenvalue weighted by atomic mass is 32.2. The van der Waals surface area contributed by atoms with Crippen LogP contribution in [0.4, 0.5) is 13.2 Å². The predicted octanol–water partition coefficient (Wildman–Crippen LogP) is 2.08. The van der Waals surface area contributed by atoms with E-state index in [4.69, 9.17) is 4.74 Å². The molecule has 1 aromatic carbocycles. The number of alkyl halides is 3. The first kappa shape index (κ1) is 18.6. The number of nitrogens with zero attached hydrogens (tertiary/aromatic N) is 4. The zero-order valence-corrected chi connectivity index (χ0v) is 14.7. The van der Waals surface area contributed by atoms with Crippen molar-refractivity contribution in [1.82, 2.24) is 19.1 Å². The molecule has 0 N–H and O–H groups in total. The summed E-state index contributed by atoms with van der Waals surface area (Å²) in [5.41, 5.74) is 0.